The summed E-state index contributed by atoms with van der Waals surface area (Å²) in [7, 11) is 2.03. The normalized spacial score (nSPS) is 15.3. The number of benzene rings is 2. The van der Waals surface area contributed by atoms with Crippen LogP contribution in [0.2, 0.25) is 0 Å². The predicted octanol–water partition coefficient (Wildman–Crippen LogP) is 6.48. The zero-order chi connectivity index (χ0) is 30.0. The number of alkyl halides is 3. The Morgan fingerprint density at radius 1 is 0.953 bits per heavy atom. The lowest BCUT2D eigenvalue weighted by Gasteiger charge is -2.32. The number of hydrogen-bond acceptors (Lipinski definition) is 6. The molecule has 7 nitrogen and oxygen atoms in total. The average Bonchev–Trinajstić information content (AvgIpc) is 3.48. The van der Waals surface area contributed by atoms with Gasteiger partial charge in [0.05, 0.1) is 17.0 Å². The molecule has 220 valence electrons. The van der Waals surface area contributed by atoms with E-state index in [-0.39, 0.29) is 5.69 Å². The minimum absolute atomic E-state index is 0.112. The molecule has 1 amide bonds. The van der Waals surface area contributed by atoms with Crippen molar-refractivity contribution >= 4 is 29.0 Å². The van der Waals surface area contributed by atoms with Gasteiger partial charge in [0.25, 0.3) is 5.91 Å². The van der Waals surface area contributed by atoms with Gasteiger partial charge in [-0.05, 0) is 67.2 Å². The molecule has 0 saturated carbocycles. The fourth-order valence-electron chi connectivity index (χ4n) is 5.39. The molecule has 6 rings (SSSR count). The topological polar surface area (TPSA) is 73.4 Å². The maximum absolute atomic E-state index is 13.8. The van der Waals surface area contributed by atoms with Crippen LogP contribution in [0.25, 0.3) is 17.3 Å². The third-order valence-corrected chi connectivity index (χ3v) is 7.69. The van der Waals surface area contributed by atoms with Crippen molar-refractivity contribution in [2.24, 2.45) is 0 Å². The predicted molar refractivity (Wildman–Crippen MR) is 162 cm³/mol. The highest BCUT2D eigenvalue weighted by Crippen LogP contribution is 2.34. The van der Waals surface area contributed by atoms with Gasteiger partial charge in [-0.1, -0.05) is 18.2 Å². The summed E-state index contributed by atoms with van der Waals surface area (Å²) in [5.41, 5.74) is 5.33. The van der Waals surface area contributed by atoms with Crippen molar-refractivity contribution in [3.05, 3.63) is 107 Å². The van der Waals surface area contributed by atoms with E-state index in [4.69, 9.17) is 4.98 Å². The summed E-state index contributed by atoms with van der Waals surface area (Å²) in [6.07, 6.45) is 3.70. The third-order valence-electron chi connectivity index (χ3n) is 7.69. The summed E-state index contributed by atoms with van der Waals surface area (Å²) < 4.78 is 41.3. The number of likely N-dealkylation sites (N-methyl/N-ethyl adjacent to an activating group) is 1. The van der Waals surface area contributed by atoms with Crippen LogP contribution in [-0.4, -0.2) is 58.9 Å². The van der Waals surface area contributed by atoms with Gasteiger partial charge in [0.1, 0.15) is 0 Å². The Hall–Kier alpha value is -4.54. The molecule has 1 aliphatic carbocycles. The van der Waals surface area contributed by atoms with Crippen LogP contribution in [0.4, 0.5) is 30.2 Å². The second kappa shape index (κ2) is 12.0. The van der Waals surface area contributed by atoms with Crippen LogP contribution >= 0.6 is 0 Å². The molecule has 0 spiro atoms. The van der Waals surface area contributed by atoms with Crippen molar-refractivity contribution in [2.45, 2.75) is 19.1 Å². The Bertz CT molecular complexity index is 1660. The zero-order valence-electron chi connectivity index (χ0n) is 23.7. The molecule has 1 fully saturated rings. The van der Waals surface area contributed by atoms with Crippen molar-refractivity contribution in [1.29, 1.82) is 0 Å². The maximum atomic E-state index is 13.8. The number of nitrogens with zero attached hydrogens (tertiary/aromatic N) is 4. The second-order valence-electron chi connectivity index (χ2n) is 10.9. The number of halogens is 3. The number of piperazine rings is 1. The number of anilines is 3. The first-order chi connectivity index (χ1) is 20.7. The van der Waals surface area contributed by atoms with Crippen molar-refractivity contribution in [3.8, 4) is 11.3 Å². The van der Waals surface area contributed by atoms with E-state index in [1.807, 2.05) is 37.4 Å². The number of nitrogens with one attached hydrogen (secondary N) is 2. The van der Waals surface area contributed by atoms with E-state index in [0.717, 1.165) is 66.9 Å². The molecule has 2 aromatic carbocycles. The molecule has 1 saturated heterocycles. The van der Waals surface area contributed by atoms with Crippen LogP contribution in [0.5, 0.6) is 0 Å². The van der Waals surface area contributed by atoms with Gasteiger partial charge in [-0.25, -0.2) is 0 Å². The molecular formula is C33H31F3N6O. The Morgan fingerprint density at radius 2 is 1.74 bits per heavy atom. The van der Waals surface area contributed by atoms with Crippen LogP contribution in [0, 0.1) is 0 Å². The Balaban J connectivity index is 1.23. The Labute approximate surface area is 248 Å². The van der Waals surface area contributed by atoms with Gasteiger partial charge in [-0.2, -0.15) is 13.2 Å². The van der Waals surface area contributed by atoms with Crippen molar-refractivity contribution in [2.75, 3.05) is 43.9 Å². The van der Waals surface area contributed by atoms with Crippen LogP contribution < -0.4 is 10.6 Å². The maximum Gasteiger partial charge on any atom is 0.416 e. The lowest BCUT2D eigenvalue weighted by molar-refractivity contribution is -0.137. The summed E-state index contributed by atoms with van der Waals surface area (Å²) in [6, 6.07) is 16.4. The molecule has 2 aliphatic rings. The number of carbonyl (C=O) groups is 1. The first kappa shape index (κ1) is 28.6. The summed E-state index contributed by atoms with van der Waals surface area (Å²) in [5, 5.41) is 6.11. The van der Waals surface area contributed by atoms with Gasteiger partial charge in [0.2, 0.25) is 0 Å². The average molecular weight is 585 g/mol. The van der Waals surface area contributed by atoms with Gasteiger partial charge in [-0.3, -0.25) is 19.7 Å². The van der Waals surface area contributed by atoms with Crippen LogP contribution in [0.15, 0.2) is 79.1 Å². The summed E-state index contributed by atoms with van der Waals surface area (Å²) in [4.78, 5) is 26.5. The standard InChI is InChI=1S/C33H31F3N6O/c1-41-12-14-42(15-13-41)21-22-16-25(33(34,35)36)19-27(17-22)39-32(43)24-4-2-5-26(18-24)38-31-20-30(23-8-10-37-11-9-23)40-29-7-3-6-28(29)31/h2-6,8-11,16-20H,7,12-15,21H2,1H3,(H,38,40)(H,39,43). The van der Waals surface area contributed by atoms with E-state index in [1.165, 1.54) is 6.07 Å². The van der Waals surface area contributed by atoms with E-state index in [1.54, 1.807) is 36.7 Å². The second-order valence-corrected chi connectivity index (χ2v) is 10.9. The molecule has 2 aromatic heterocycles. The largest absolute Gasteiger partial charge is 0.416 e. The minimum Gasteiger partial charge on any atom is -0.355 e. The summed E-state index contributed by atoms with van der Waals surface area (Å²) >= 11 is 0. The molecule has 4 aromatic rings. The van der Waals surface area contributed by atoms with Gasteiger partial charge in [0, 0.05) is 85.3 Å². The number of pyridine rings is 2. The van der Waals surface area contributed by atoms with Gasteiger partial charge >= 0.3 is 6.18 Å². The first-order valence-electron chi connectivity index (χ1n) is 14.1. The molecule has 10 heteroatoms. The lowest BCUT2D eigenvalue weighted by Crippen LogP contribution is -2.43. The van der Waals surface area contributed by atoms with E-state index in [9.17, 15) is 18.0 Å². The van der Waals surface area contributed by atoms with Gasteiger partial charge in [-0.15, -0.1) is 0 Å². The highest BCUT2D eigenvalue weighted by molar-refractivity contribution is 6.05. The molecule has 1 aliphatic heterocycles. The van der Waals surface area contributed by atoms with E-state index >= 15 is 0 Å². The van der Waals surface area contributed by atoms with E-state index in [2.05, 4.69) is 31.5 Å². The summed E-state index contributed by atoms with van der Waals surface area (Å²) in [6.45, 7) is 3.64. The highest BCUT2D eigenvalue weighted by atomic mass is 19.4. The fourth-order valence-corrected chi connectivity index (χ4v) is 5.39. The molecule has 0 atom stereocenters. The monoisotopic (exact) mass is 584 g/mol. The number of carbonyl (C=O) groups excluding carboxylic acids is 1. The molecule has 0 bridgehead atoms. The quantitative estimate of drug-likeness (QED) is 0.259. The third kappa shape index (κ3) is 6.76. The molecule has 3 heterocycles. The number of hydrogen-bond donors (Lipinski definition) is 2. The molecular weight excluding hydrogens is 553 g/mol. The Morgan fingerprint density at radius 3 is 2.51 bits per heavy atom. The number of amides is 1. The Kier molecular flexibility index (Phi) is 7.96. The van der Waals surface area contributed by atoms with Crippen molar-refractivity contribution < 1.29 is 18.0 Å². The number of rotatable bonds is 7. The SMILES string of the molecule is CN1CCN(Cc2cc(NC(=O)c3cccc(Nc4cc(-c5ccncc5)nc5c4C=CC5)c3)cc(C(F)(F)F)c2)CC1. The van der Waals surface area contributed by atoms with Gasteiger partial charge < -0.3 is 15.5 Å². The van der Waals surface area contributed by atoms with Crippen LogP contribution in [0.3, 0.4) is 0 Å². The minimum atomic E-state index is -4.53. The highest BCUT2D eigenvalue weighted by Gasteiger charge is 2.31. The summed E-state index contributed by atoms with van der Waals surface area (Å²) in [5.74, 6) is -0.495. The van der Waals surface area contributed by atoms with Crippen LogP contribution in [-0.2, 0) is 19.1 Å². The molecule has 43 heavy (non-hydrogen) atoms. The fraction of sp³-hybridized carbons (Fsp3) is 0.242. The van der Waals surface area contributed by atoms with Gasteiger partial charge in [0.15, 0.2) is 0 Å². The molecule has 0 radical (unpaired) electrons. The smallest absolute Gasteiger partial charge is 0.355 e. The molecule has 2 N–H and O–H groups in total. The number of fused-ring (bicyclic) bond motifs is 1. The van der Waals surface area contributed by atoms with Crippen molar-refractivity contribution in [1.82, 2.24) is 19.8 Å². The lowest BCUT2D eigenvalue weighted by atomic mass is 10.1. The zero-order valence-corrected chi connectivity index (χ0v) is 23.7. The van der Waals surface area contributed by atoms with E-state index in [0.29, 0.717) is 23.4 Å². The molecule has 0 unspecified atom stereocenters. The van der Waals surface area contributed by atoms with Crippen molar-refractivity contribution in [3.63, 3.8) is 0 Å². The number of allylic oxidation sites excluding steroid dienone is 1. The van der Waals surface area contributed by atoms with E-state index < -0.39 is 17.6 Å². The first-order valence-corrected chi connectivity index (χ1v) is 14.1. The number of aromatic nitrogens is 2. The van der Waals surface area contributed by atoms with Crippen LogP contribution in [0.1, 0.15) is 32.7 Å².